The van der Waals surface area contributed by atoms with Gasteiger partial charge in [-0.1, -0.05) is 13.0 Å². The number of methoxy groups -OCH3 is 1. The Hall–Kier alpha value is -1.82. The van der Waals surface area contributed by atoms with Crippen molar-refractivity contribution in [1.82, 2.24) is 15.1 Å². The van der Waals surface area contributed by atoms with E-state index in [1.807, 2.05) is 18.0 Å². The van der Waals surface area contributed by atoms with Crippen LogP contribution in [0.5, 0.6) is 5.75 Å². The molecule has 1 aliphatic rings. The van der Waals surface area contributed by atoms with Gasteiger partial charge in [-0.25, -0.2) is 4.39 Å². The van der Waals surface area contributed by atoms with Crippen LogP contribution in [-0.4, -0.2) is 62.6 Å². The first-order valence-corrected chi connectivity index (χ1v) is 10.1. The fourth-order valence-corrected chi connectivity index (χ4v) is 3.57. The number of ether oxygens (including phenoxy) is 1. The van der Waals surface area contributed by atoms with Gasteiger partial charge < -0.3 is 19.9 Å². The van der Waals surface area contributed by atoms with Crippen LogP contribution in [0.4, 0.5) is 4.39 Å². The quantitative estimate of drug-likeness (QED) is 0.556. The van der Waals surface area contributed by atoms with E-state index in [9.17, 15) is 4.39 Å². The summed E-state index contributed by atoms with van der Waals surface area (Å²) in [5.41, 5.74) is 0.897. The number of hydrogen-bond donors (Lipinski definition) is 1. The maximum absolute atomic E-state index is 13.9. The molecule has 27 heavy (non-hydrogen) atoms. The van der Waals surface area contributed by atoms with Crippen molar-refractivity contribution in [1.29, 1.82) is 0 Å². The average molecular weight is 379 g/mol. The highest BCUT2D eigenvalue weighted by molar-refractivity contribution is 5.79. The van der Waals surface area contributed by atoms with Crippen LogP contribution in [0.2, 0.25) is 0 Å². The zero-order valence-corrected chi connectivity index (χ0v) is 17.3. The van der Waals surface area contributed by atoms with E-state index in [1.54, 1.807) is 6.07 Å². The van der Waals surface area contributed by atoms with Gasteiger partial charge in [0.2, 0.25) is 0 Å². The highest BCUT2D eigenvalue weighted by Gasteiger charge is 2.17. The topological polar surface area (TPSA) is 40.1 Å². The van der Waals surface area contributed by atoms with Gasteiger partial charge in [0.15, 0.2) is 17.5 Å². The number of halogens is 1. The smallest absolute Gasteiger partial charge is 0.193 e. The summed E-state index contributed by atoms with van der Waals surface area (Å²) < 4.78 is 18.9. The van der Waals surface area contributed by atoms with E-state index in [1.165, 1.54) is 39.1 Å². The Morgan fingerprint density at radius 3 is 2.67 bits per heavy atom. The van der Waals surface area contributed by atoms with Crippen molar-refractivity contribution in [2.75, 3.05) is 46.9 Å². The van der Waals surface area contributed by atoms with Gasteiger partial charge in [0, 0.05) is 26.7 Å². The summed E-state index contributed by atoms with van der Waals surface area (Å²) in [6.07, 6.45) is 3.69. The van der Waals surface area contributed by atoms with Crippen LogP contribution in [0, 0.1) is 11.7 Å². The standard InChI is InChI=1S/C21H35FN4O/c1-5-23-21(24-12-9-17-10-13-26(6-2)14-11-17)25(3)16-18-7-8-20(27-4)19(22)15-18/h7-8,15,17H,5-6,9-14,16H2,1-4H3,(H,23,24). The number of nitrogens with one attached hydrogen (secondary N) is 1. The number of benzene rings is 1. The van der Waals surface area contributed by atoms with Crippen LogP contribution >= 0.6 is 0 Å². The SMILES string of the molecule is CCNC(=NCCC1CCN(CC)CC1)N(C)Cc1ccc(OC)c(F)c1. The van der Waals surface area contributed by atoms with Gasteiger partial charge in [0.05, 0.1) is 7.11 Å². The third-order valence-electron chi connectivity index (χ3n) is 5.29. The first kappa shape index (κ1) is 21.5. The van der Waals surface area contributed by atoms with E-state index < -0.39 is 0 Å². The van der Waals surface area contributed by atoms with Crippen LogP contribution < -0.4 is 10.1 Å². The molecule has 1 N–H and O–H groups in total. The summed E-state index contributed by atoms with van der Waals surface area (Å²) in [6, 6.07) is 5.09. The summed E-state index contributed by atoms with van der Waals surface area (Å²) in [5.74, 6) is 1.60. The molecule has 0 unspecified atom stereocenters. The van der Waals surface area contributed by atoms with Crippen molar-refractivity contribution in [2.24, 2.45) is 10.9 Å². The number of likely N-dealkylation sites (tertiary alicyclic amines) is 1. The second kappa shape index (κ2) is 11.1. The molecule has 1 heterocycles. The predicted octanol–water partition coefficient (Wildman–Crippen LogP) is 3.35. The predicted molar refractivity (Wildman–Crippen MR) is 110 cm³/mol. The number of piperidine rings is 1. The Labute approximate surface area is 163 Å². The Morgan fingerprint density at radius 1 is 1.33 bits per heavy atom. The fraction of sp³-hybridized carbons (Fsp3) is 0.667. The molecule has 0 atom stereocenters. The zero-order chi connectivity index (χ0) is 19.6. The van der Waals surface area contributed by atoms with Gasteiger partial charge >= 0.3 is 0 Å². The van der Waals surface area contributed by atoms with Crippen LogP contribution in [0.3, 0.4) is 0 Å². The van der Waals surface area contributed by atoms with Gasteiger partial charge in [-0.05, 0) is 69.4 Å². The van der Waals surface area contributed by atoms with Gasteiger partial charge in [-0.2, -0.15) is 0 Å². The monoisotopic (exact) mass is 378 g/mol. The van der Waals surface area contributed by atoms with Gasteiger partial charge in [0.25, 0.3) is 0 Å². The first-order chi connectivity index (χ1) is 13.1. The van der Waals surface area contributed by atoms with Crippen LogP contribution in [0.25, 0.3) is 0 Å². The van der Waals surface area contributed by atoms with Gasteiger partial charge in [-0.15, -0.1) is 0 Å². The Balaban J connectivity index is 1.88. The molecule has 0 radical (unpaired) electrons. The van der Waals surface area contributed by atoms with E-state index in [-0.39, 0.29) is 11.6 Å². The lowest BCUT2D eigenvalue weighted by Gasteiger charge is -2.30. The molecule has 1 aromatic carbocycles. The number of nitrogens with zero attached hydrogens (tertiary/aromatic N) is 3. The molecule has 1 saturated heterocycles. The van der Waals surface area contributed by atoms with E-state index in [4.69, 9.17) is 9.73 Å². The summed E-state index contributed by atoms with van der Waals surface area (Å²) in [7, 11) is 3.47. The number of guanidine groups is 1. The first-order valence-electron chi connectivity index (χ1n) is 10.1. The molecule has 152 valence electrons. The second-order valence-electron chi connectivity index (χ2n) is 7.23. The number of aliphatic imine (C=N–C) groups is 1. The molecule has 0 bridgehead atoms. The molecular weight excluding hydrogens is 343 g/mol. The maximum atomic E-state index is 13.9. The molecule has 0 aliphatic carbocycles. The minimum Gasteiger partial charge on any atom is -0.494 e. The summed E-state index contributed by atoms with van der Waals surface area (Å²) in [4.78, 5) is 9.36. The molecule has 1 aromatic rings. The third-order valence-corrected chi connectivity index (χ3v) is 5.29. The Bertz CT molecular complexity index is 600. The van der Waals surface area contributed by atoms with Crippen LogP contribution in [0.15, 0.2) is 23.2 Å². The van der Waals surface area contributed by atoms with E-state index in [0.717, 1.165) is 43.5 Å². The molecule has 1 fully saturated rings. The lowest BCUT2D eigenvalue weighted by molar-refractivity contribution is 0.188. The fourth-order valence-electron chi connectivity index (χ4n) is 3.57. The van der Waals surface area contributed by atoms with E-state index in [0.29, 0.717) is 6.54 Å². The maximum Gasteiger partial charge on any atom is 0.193 e. The largest absolute Gasteiger partial charge is 0.494 e. The summed E-state index contributed by atoms with van der Waals surface area (Å²) in [6.45, 7) is 10.1. The molecule has 0 saturated carbocycles. The highest BCUT2D eigenvalue weighted by Crippen LogP contribution is 2.20. The lowest BCUT2D eigenvalue weighted by Crippen LogP contribution is -2.38. The van der Waals surface area contributed by atoms with Gasteiger partial charge in [0.1, 0.15) is 0 Å². The van der Waals surface area contributed by atoms with Gasteiger partial charge in [-0.3, -0.25) is 4.99 Å². The molecule has 2 rings (SSSR count). The molecule has 0 aromatic heterocycles. The minimum atomic E-state index is -0.330. The van der Waals surface area contributed by atoms with Crippen molar-refractivity contribution in [3.63, 3.8) is 0 Å². The van der Waals surface area contributed by atoms with Crippen molar-refractivity contribution < 1.29 is 9.13 Å². The molecule has 0 amide bonds. The van der Waals surface area contributed by atoms with Crippen molar-refractivity contribution in [3.05, 3.63) is 29.6 Å². The zero-order valence-electron chi connectivity index (χ0n) is 17.3. The van der Waals surface area contributed by atoms with Crippen molar-refractivity contribution in [3.8, 4) is 5.75 Å². The Morgan fingerprint density at radius 2 is 2.07 bits per heavy atom. The number of rotatable bonds is 8. The van der Waals surface area contributed by atoms with E-state index in [2.05, 4.69) is 24.1 Å². The highest BCUT2D eigenvalue weighted by atomic mass is 19.1. The molecular formula is C21H35FN4O. The van der Waals surface area contributed by atoms with E-state index >= 15 is 0 Å². The molecule has 1 aliphatic heterocycles. The molecule has 6 heteroatoms. The third kappa shape index (κ3) is 6.69. The van der Waals surface area contributed by atoms with Crippen LogP contribution in [-0.2, 0) is 6.54 Å². The molecule has 0 spiro atoms. The molecule has 5 nitrogen and oxygen atoms in total. The van der Waals surface area contributed by atoms with Crippen LogP contribution in [0.1, 0.15) is 38.7 Å². The minimum absolute atomic E-state index is 0.274. The normalized spacial score (nSPS) is 16.4. The van der Waals surface area contributed by atoms with Crippen molar-refractivity contribution in [2.45, 2.75) is 39.7 Å². The Kier molecular flexibility index (Phi) is 8.85. The second-order valence-corrected chi connectivity index (χ2v) is 7.23. The lowest BCUT2D eigenvalue weighted by atomic mass is 9.94. The van der Waals surface area contributed by atoms with Crippen molar-refractivity contribution >= 4 is 5.96 Å². The average Bonchev–Trinajstić information content (AvgIpc) is 2.68. The summed E-state index contributed by atoms with van der Waals surface area (Å²) >= 11 is 0. The number of hydrogen-bond acceptors (Lipinski definition) is 3. The summed E-state index contributed by atoms with van der Waals surface area (Å²) in [5, 5.41) is 3.34.